The summed E-state index contributed by atoms with van der Waals surface area (Å²) in [4.78, 5) is 22.7. The molecule has 0 saturated heterocycles. The van der Waals surface area contributed by atoms with Gasteiger partial charge in [-0.05, 0) is 80.1 Å². The molecule has 0 aliphatic heterocycles. The summed E-state index contributed by atoms with van der Waals surface area (Å²) in [6.07, 6.45) is 8.33. The second-order valence-corrected chi connectivity index (χ2v) is 16.3. The minimum Gasteiger partial charge on any atom is -0.465 e. The third-order valence-corrected chi connectivity index (χ3v) is 13.7. The molecule has 2 amide bonds. The van der Waals surface area contributed by atoms with Gasteiger partial charge in [-0.25, -0.2) is 9.59 Å². The standard InChI is InChI=1S/C30H64N2O10Si2/c1-7-37-43(38-8-2,39-9-3)26-20-23-30(32-29(35)36,22-18-16-14-13-15-17-19-25-31-28(33)34)24-21-27-44(40-10-4,41-11-5)42-12-6/h31-32H,7-27H2,1-6H3,(H,33,34)(H,35,36). The van der Waals surface area contributed by atoms with E-state index < -0.39 is 35.3 Å². The minimum absolute atomic E-state index is 0.485. The predicted octanol–water partition coefficient (Wildman–Crippen LogP) is 7.04. The van der Waals surface area contributed by atoms with Gasteiger partial charge in [0.05, 0.1) is 0 Å². The summed E-state index contributed by atoms with van der Waals surface area (Å²) in [7, 11) is -5.73. The molecule has 44 heavy (non-hydrogen) atoms. The zero-order valence-corrected chi connectivity index (χ0v) is 30.5. The lowest BCUT2D eigenvalue weighted by Gasteiger charge is -2.37. The topological polar surface area (TPSA) is 154 Å². The molecule has 262 valence electrons. The van der Waals surface area contributed by atoms with Gasteiger partial charge in [0.25, 0.3) is 0 Å². The normalized spacial score (nSPS) is 12.4. The van der Waals surface area contributed by atoms with Crippen molar-refractivity contribution in [2.24, 2.45) is 0 Å². The molecular formula is C30H64N2O10Si2. The van der Waals surface area contributed by atoms with Crippen LogP contribution in [-0.4, -0.2) is 91.7 Å². The van der Waals surface area contributed by atoms with E-state index in [1.165, 1.54) is 0 Å². The maximum atomic E-state index is 12.2. The van der Waals surface area contributed by atoms with Crippen LogP contribution in [0.5, 0.6) is 0 Å². The third-order valence-electron chi connectivity index (χ3n) is 7.44. The molecule has 0 aliphatic rings. The van der Waals surface area contributed by atoms with E-state index in [1.54, 1.807) is 0 Å². The summed E-state index contributed by atoms with van der Waals surface area (Å²) < 4.78 is 36.4. The lowest BCUT2D eigenvalue weighted by Crippen LogP contribution is -2.50. The van der Waals surface area contributed by atoms with E-state index in [4.69, 9.17) is 31.7 Å². The fourth-order valence-corrected chi connectivity index (χ4v) is 11.0. The van der Waals surface area contributed by atoms with Crippen molar-refractivity contribution in [3.05, 3.63) is 0 Å². The first-order chi connectivity index (χ1) is 21.1. The average molecular weight is 669 g/mol. The van der Waals surface area contributed by atoms with Crippen LogP contribution in [0.2, 0.25) is 12.1 Å². The Morgan fingerprint density at radius 3 is 1.20 bits per heavy atom. The summed E-state index contributed by atoms with van der Waals surface area (Å²) in [5.74, 6) is 0. The molecule has 0 unspecified atom stereocenters. The predicted molar refractivity (Wildman–Crippen MR) is 176 cm³/mol. The maximum absolute atomic E-state index is 12.2. The average Bonchev–Trinajstić information content (AvgIpc) is 2.94. The van der Waals surface area contributed by atoms with Crippen molar-refractivity contribution < 1.29 is 46.4 Å². The fraction of sp³-hybridized carbons (Fsp3) is 0.933. The van der Waals surface area contributed by atoms with Crippen LogP contribution in [0.4, 0.5) is 9.59 Å². The van der Waals surface area contributed by atoms with E-state index >= 15 is 0 Å². The summed E-state index contributed by atoms with van der Waals surface area (Å²) in [5, 5.41) is 24.0. The molecule has 14 heteroatoms. The molecule has 0 fully saturated rings. The largest absolute Gasteiger partial charge is 0.500 e. The second-order valence-electron chi connectivity index (χ2n) is 10.8. The number of nitrogens with one attached hydrogen (secondary N) is 2. The van der Waals surface area contributed by atoms with Gasteiger partial charge in [0.1, 0.15) is 0 Å². The minimum atomic E-state index is -2.86. The van der Waals surface area contributed by atoms with E-state index in [1.807, 2.05) is 41.5 Å². The Balaban J connectivity index is 5.58. The van der Waals surface area contributed by atoms with Crippen molar-refractivity contribution in [3.8, 4) is 0 Å². The zero-order valence-electron chi connectivity index (χ0n) is 28.5. The van der Waals surface area contributed by atoms with Gasteiger partial charge in [-0.1, -0.05) is 38.5 Å². The van der Waals surface area contributed by atoms with Gasteiger partial charge in [0, 0.05) is 63.8 Å². The quantitative estimate of drug-likeness (QED) is 0.0447. The first-order valence-corrected chi connectivity index (χ1v) is 20.8. The zero-order chi connectivity index (χ0) is 33.2. The van der Waals surface area contributed by atoms with Crippen LogP contribution in [0.3, 0.4) is 0 Å². The molecule has 0 atom stereocenters. The van der Waals surface area contributed by atoms with Crippen LogP contribution in [0.25, 0.3) is 0 Å². The van der Waals surface area contributed by atoms with Crippen molar-refractivity contribution in [2.45, 2.75) is 136 Å². The smallest absolute Gasteiger partial charge is 0.465 e. The van der Waals surface area contributed by atoms with Gasteiger partial charge in [0.15, 0.2) is 0 Å². The SMILES string of the molecule is CCO[Si](CCCC(CCCCCCCCCNC(=O)O)(CCC[Si](OCC)(OCC)OCC)NC(=O)O)(OCC)OCC. The molecular weight excluding hydrogens is 605 g/mol. The highest BCUT2D eigenvalue weighted by Crippen LogP contribution is 2.32. The first kappa shape index (κ1) is 42.7. The van der Waals surface area contributed by atoms with E-state index in [0.717, 1.165) is 51.4 Å². The van der Waals surface area contributed by atoms with Crippen molar-refractivity contribution in [1.29, 1.82) is 0 Å². The van der Waals surface area contributed by atoms with Gasteiger partial charge in [-0.15, -0.1) is 0 Å². The van der Waals surface area contributed by atoms with E-state index in [9.17, 15) is 14.7 Å². The van der Waals surface area contributed by atoms with Crippen LogP contribution < -0.4 is 10.6 Å². The Kier molecular flexibility index (Phi) is 25.1. The molecule has 4 N–H and O–H groups in total. The molecule has 0 saturated carbocycles. The fourth-order valence-electron chi connectivity index (χ4n) is 5.75. The summed E-state index contributed by atoms with van der Waals surface area (Å²) in [5.41, 5.74) is -0.621. The lowest BCUT2D eigenvalue weighted by molar-refractivity contribution is 0.0693. The molecule has 0 rings (SSSR count). The summed E-state index contributed by atoms with van der Waals surface area (Å²) in [6.45, 7) is 15.1. The molecule has 0 aliphatic carbocycles. The second kappa shape index (κ2) is 25.9. The number of rotatable bonds is 31. The number of hydrogen-bond donors (Lipinski definition) is 4. The molecule has 0 heterocycles. The van der Waals surface area contributed by atoms with Crippen molar-refractivity contribution in [3.63, 3.8) is 0 Å². The Morgan fingerprint density at radius 1 is 0.523 bits per heavy atom. The van der Waals surface area contributed by atoms with Crippen LogP contribution in [-0.2, 0) is 26.6 Å². The van der Waals surface area contributed by atoms with E-state index in [2.05, 4.69) is 10.6 Å². The van der Waals surface area contributed by atoms with E-state index in [0.29, 0.717) is 84.0 Å². The highest BCUT2D eigenvalue weighted by atomic mass is 28.4. The molecule has 0 bridgehead atoms. The van der Waals surface area contributed by atoms with Crippen LogP contribution in [0.1, 0.15) is 119 Å². The number of amides is 2. The van der Waals surface area contributed by atoms with Gasteiger partial charge < -0.3 is 47.4 Å². The highest BCUT2D eigenvalue weighted by molar-refractivity contribution is 6.61. The number of carbonyl (C=O) groups is 2. The molecule has 0 aromatic carbocycles. The van der Waals surface area contributed by atoms with Crippen LogP contribution in [0, 0.1) is 0 Å². The molecule has 12 nitrogen and oxygen atoms in total. The molecule has 0 aromatic rings. The van der Waals surface area contributed by atoms with Gasteiger partial charge in [0.2, 0.25) is 0 Å². The lowest BCUT2D eigenvalue weighted by atomic mass is 9.83. The molecule has 0 aromatic heterocycles. The molecule has 0 radical (unpaired) electrons. The monoisotopic (exact) mass is 668 g/mol. The Labute approximate surface area is 269 Å². The van der Waals surface area contributed by atoms with Gasteiger partial charge >= 0.3 is 29.8 Å². The van der Waals surface area contributed by atoms with Crippen molar-refractivity contribution in [1.82, 2.24) is 10.6 Å². The number of hydrogen-bond acceptors (Lipinski definition) is 8. The van der Waals surface area contributed by atoms with Crippen molar-refractivity contribution >= 4 is 29.8 Å². The van der Waals surface area contributed by atoms with Crippen LogP contribution in [0.15, 0.2) is 0 Å². The first-order valence-electron chi connectivity index (χ1n) is 16.9. The Bertz CT molecular complexity index is 670. The third kappa shape index (κ3) is 19.3. The summed E-state index contributed by atoms with van der Waals surface area (Å²) >= 11 is 0. The summed E-state index contributed by atoms with van der Waals surface area (Å²) in [6, 6.07) is 1.25. The van der Waals surface area contributed by atoms with Gasteiger partial charge in [-0.2, -0.15) is 0 Å². The van der Waals surface area contributed by atoms with E-state index in [-0.39, 0.29) is 0 Å². The Morgan fingerprint density at radius 2 is 0.864 bits per heavy atom. The Hall–Kier alpha value is -1.27. The number of unbranched alkanes of at least 4 members (excludes halogenated alkanes) is 6. The van der Waals surface area contributed by atoms with Gasteiger partial charge in [-0.3, -0.25) is 0 Å². The van der Waals surface area contributed by atoms with Crippen LogP contribution >= 0.6 is 0 Å². The molecule has 0 spiro atoms. The van der Waals surface area contributed by atoms with Crippen molar-refractivity contribution in [2.75, 3.05) is 46.2 Å². The highest BCUT2D eigenvalue weighted by Gasteiger charge is 2.43. The maximum Gasteiger partial charge on any atom is 0.500 e. The number of carboxylic acid groups (broad SMARTS) is 2.